The fourth-order valence-corrected chi connectivity index (χ4v) is 2.16. The molecule has 0 aromatic rings. The number of aliphatic imine (C=N–C) groups is 1. The molecule has 1 unspecified atom stereocenters. The van der Waals surface area contributed by atoms with Gasteiger partial charge in [0.15, 0.2) is 0 Å². The average molecular weight is 298 g/mol. The second kappa shape index (κ2) is 4.87. The minimum atomic E-state index is -0.777. The molecule has 0 saturated heterocycles. The standard InChI is InChI=1S/C12H12BrNO3/c1-2-17-12(16)9-6-14-10-4-3-7(13)5-8(10)11(9)15/h3-4,6,9,15H,2,5H2,1H3. The summed E-state index contributed by atoms with van der Waals surface area (Å²) < 4.78 is 5.83. The van der Waals surface area contributed by atoms with Gasteiger partial charge in [0.1, 0.15) is 11.7 Å². The van der Waals surface area contributed by atoms with E-state index in [1.807, 2.05) is 6.08 Å². The van der Waals surface area contributed by atoms with E-state index in [1.165, 1.54) is 6.21 Å². The number of fused-ring (bicyclic) bond motifs is 1. The van der Waals surface area contributed by atoms with Crippen molar-refractivity contribution < 1.29 is 14.6 Å². The number of carbonyl (C=O) groups excluding carboxylic acids is 1. The number of ether oxygens (including phenoxy) is 1. The van der Waals surface area contributed by atoms with E-state index in [0.29, 0.717) is 17.7 Å². The van der Waals surface area contributed by atoms with Crippen molar-refractivity contribution in [2.45, 2.75) is 13.3 Å². The van der Waals surface area contributed by atoms with E-state index in [-0.39, 0.29) is 12.4 Å². The highest BCUT2D eigenvalue weighted by atomic mass is 79.9. The van der Waals surface area contributed by atoms with Gasteiger partial charge in [0.25, 0.3) is 0 Å². The van der Waals surface area contributed by atoms with Crippen LogP contribution in [0.4, 0.5) is 0 Å². The first kappa shape index (κ1) is 12.1. The molecular weight excluding hydrogens is 286 g/mol. The molecule has 0 fully saturated rings. The zero-order valence-electron chi connectivity index (χ0n) is 9.31. The topological polar surface area (TPSA) is 58.9 Å². The highest BCUT2D eigenvalue weighted by Gasteiger charge is 2.30. The summed E-state index contributed by atoms with van der Waals surface area (Å²) in [4.78, 5) is 15.8. The van der Waals surface area contributed by atoms with Gasteiger partial charge in [0.2, 0.25) is 0 Å². The van der Waals surface area contributed by atoms with Crippen molar-refractivity contribution >= 4 is 28.1 Å². The van der Waals surface area contributed by atoms with Crippen molar-refractivity contribution in [1.82, 2.24) is 0 Å². The number of carbonyl (C=O) groups is 1. The van der Waals surface area contributed by atoms with Crippen LogP contribution in [0.25, 0.3) is 0 Å². The van der Waals surface area contributed by atoms with Crippen LogP contribution in [0.1, 0.15) is 13.3 Å². The molecule has 0 aromatic heterocycles. The highest BCUT2D eigenvalue weighted by Crippen LogP contribution is 2.34. The predicted molar refractivity (Wildman–Crippen MR) is 68.0 cm³/mol. The number of esters is 1. The molecule has 0 aromatic carbocycles. The number of rotatable bonds is 2. The van der Waals surface area contributed by atoms with Crippen molar-refractivity contribution in [3.63, 3.8) is 0 Å². The van der Waals surface area contributed by atoms with Gasteiger partial charge in [-0.1, -0.05) is 15.9 Å². The average Bonchev–Trinajstić information content (AvgIpc) is 2.30. The highest BCUT2D eigenvalue weighted by molar-refractivity contribution is 9.11. The first-order chi connectivity index (χ1) is 8.13. The van der Waals surface area contributed by atoms with E-state index >= 15 is 0 Å². The van der Waals surface area contributed by atoms with Crippen LogP contribution in [0.3, 0.4) is 0 Å². The number of dihydropyridines is 1. The SMILES string of the molecule is CCOC(=O)C1C=NC2=CC=C(Br)CC2=C1O. The van der Waals surface area contributed by atoms with Gasteiger partial charge in [-0.2, -0.15) is 0 Å². The lowest BCUT2D eigenvalue weighted by Gasteiger charge is -2.22. The number of hydrogen-bond acceptors (Lipinski definition) is 4. The van der Waals surface area contributed by atoms with Crippen LogP contribution >= 0.6 is 15.9 Å². The third-order valence-corrected chi connectivity index (χ3v) is 3.13. The van der Waals surface area contributed by atoms with Crippen LogP contribution in [0.15, 0.2) is 38.7 Å². The van der Waals surface area contributed by atoms with Crippen molar-refractivity contribution in [3.8, 4) is 0 Å². The van der Waals surface area contributed by atoms with Gasteiger partial charge in [-0.05, 0) is 23.6 Å². The van der Waals surface area contributed by atoms with Crippen LogP contribution in [-0.2, 0) is 9.53 Å². The van der Waals surface area contributed by atoms with Crippen LogP contribution in [0.5, 0.6) is 0 Å². The Bertz CT molecular complexity index is 474. The van der Waals surface area contributed by atoms with E-state index in [1.54, 1.807) is 13.0 Å². The van der Waals surface area contributed by atoms with Gasteiger partial charge in [0, 0.05) is 18.2 Å². The largest absolute Gasteiger partial charge is 0.511 e. The van der Waals surface area contributed by atoms with Gasteiger partial charge < -0.3 is 9.84 Å². The maximum atomic E-state index is 11.6. The zero-order valence-corrected chi connectivity index (χ0v) is 10.9. The van der Waals surface area contributed by atoms with Crippen LogP contribution in [-0.4, -0.2) is 23.9 Å². The van der Waals surface area contributed by atoms with Gasteiger partial charge in [-0.15, -0.1) is 0 Å². The van der Waals surface area contributed by atoms with E-state index in [4.69, 9.17) is 4.74 Å². The number of hydrogen-bond donors (Lipinski definition) is 1. The summed E-state index contributed by atoms with van der Waals surface area (Å²) in [5.74, 6) is -1.21. The molecule has 5 heteroatoms. The Kier molecular flexibility index (Phi) is 3.47. The van der Waals surface area contributed by atoms with Crippen LogP contribution < -0.4 is 0 Å². The molecule has 2 rings (SSSR count). The smallest absolute Gasteiger partial charge is 0.322 e. The first-order valence-electron chi connectivity index (χ1n) is 5.33. The molecule has 1 heterocycles. The van der Waals surface area contributed by atoms with E-state index < -0.39 is 11.9 Å². The number of allylic oxidation sites excluding steroid dienone is 4. The minimum Gasteiger partial charge on any atom is -0.511 e. The molecule has 0 saturated carbocycles. The molecule has 1 N–H and O–H groups in total. The summed E-state index contributed by atoms with van der Waals surface area (Å²) in [5, 5.41) is 10.1. The summed E-state index contributed by atoms with van der Waals surface area (Å²) >= 11 is 3.37. The molecule has 4 nitrogen and oxygen atoms in total. The van der Waals surface area contributed by atoms with Crippen molar-refractivity contribution in [2.24, 2.45) is 10.9 Å². The lowest BCUT2D eigenvalue weighted by atomic mass is 9.94. The quantitative estimate of drug-likeness (QED) is 0.797. The lowest BCUT2D eigenvalue weighted by molar-refractivity contribution is -0.145. The summed E-state index contributed by atoms with van der Waals surface area (Å²) in [6, 6.07) is 0. The third-order valence-electron chi connectivity index (χ3n) is 2.58. The van der Waals surface area contributed by atoms with Crippen LogP contribution in [0, 0.1) is 5.92 Å². The van der Waals surface area contributed by atoms with Gasteiger partial charge >= 0.3 is 5.97 Å². The number of aliphatic hydroxyl groups excluding tert-OH is 1. The zero-order chi connectivity index (χ0) is 12.4. The monoisotopic (exact) mass is 297 g/mol. The molecule has 0 bridgehead atoms. The Labute approximate surface area is 108 Å². The normalized spacial score (nSPS) is 22.8. The second-order valence-electron chi connectivity index (χ2n) is 3.71. The molecule has 1 aliphatic carbocycles. The van der Waals surface area contributed by atoms with Gasteiger partial charge in [-0.3, -0.25) is 9.79 Å². The number of nitrogens with zero attached hydrogens (tertiary/aromatic N) is 1. The molecule has 0 spiro atoms. The van der Waals surface area contributed by atoms with E-state index in [0.717, 1.165) is 4.48 Å². The summed E-state index contributed by atoms with van der Waals surface area (Å²) in [6.07, 6.45) is 5.66. The fraction of sp³-hybridized carbons (Fsp3) is 0.333. The maximum Gasteiger partial charge on any atom is 0.322 e. The van der Waals surface area contributed by atoms with Crippen molar-refractivity contribution in [3.05, 3.63) is 33.7 Å². The molecule has 0 amide bonds. The fourth-order valence-electron chi connectivity index (χ4n) is 1.75. The van der Waals surface area contributed by atoms with Crippen LogP contribution in [0.2, 0.25) is 0 Å². The molecule has 1 aliphatic heterocycles. The lowest BCUT2D eigenvalue weighted by Crippen LogP contribution is -2.25. The second-order valence-corrected chi connectivity index (χ2v) is 4.73. The van der Waals surface area contributed by atoms with Crippen molar-refractivity contribution in [1.29, 1.82) is 0 Å². The Balaban J connectivity index is 2.30. The predicted octanol–water partition coefficient (Wildman–Crippen LogP) is 2.63. The van der Waals surface area contributed by atoms with E-state index in [9.17, 15) is 9.90 Å². The Morgan fingerprint density at radius 3 is 3.12 bits per heavy atom. The number of halogens is 1. The molecule has 1 atom stereocenters. The van der Waals surface area contributed by atoms with Gasteiger partial charge in [-0.25, -0.2) is 0 Å². The summed E-state index contributed by atoms with van der Waals surface area (Å²) in [5.41, 5.74) is 1.38. The van der Waals surface area contributed by atoms with Crippen molar-refractivity contribution in [2.75, 3.05) is 6.61 Å². The third kappa shape index (κ3) is 2.34. The maximum absolute atomic E-state index is 11.6. The molecule has 17 heavy (non-hydrogen) atoms. The molecule has 0 radical (unpaired) electrons. The minimum absolute atomic E-state index is 0.0368. The molecular formula is C12H12BrNO3. The molecule has 90 valence electrons. The Morgan fingerprint density at radius 1 is 1.65 bits per heavy atom. The van der Waals surface area contributed by atoms with E-state index in [2.05, 4.69) is 20.9 Å². The number of aliphatic hydroxyl groups is 1. The summed E-state index contributed by atoms with van der Waals surface area (Å²) in [7, 11) is 0. The Hall–Kier alpha value is -1.36. The summed E-state index contributed by atoms with van der Waals surface area (Å²) in [6.45, 7) is 2.02. The van der Waals surface area contributed by atoms with Gasteiger partial charge in [0.05, 0.1) is 12.3 Å². The molecule has 2 aliphatic rings. The Morgan fingerprint density at radius 2 is 2.41 bits per heavy atom. The first-order valence-corrected chi connectivity index (χ1v) is 6.12.